The molecule has 174 valence electrons. The quantitative estimate of drug-likeness (QED) is 0.500. The van der Waals surface area contributed by atoms with Crippen molar-refractivity contribution in [1.82, 2.24) is 15.0 Å². The van der Waals surface area contributed by atoms with Crippen LogP contribution in [0.2, 0.25) is 0 Å². The highest BCUT2D eigenvalue weighted by atomic mass is 16.5. The molecule has 1 aliphatic rings. The van der Waals surface area contributed by atoms with E-state index in [-0.39, 0.29) is 5.41 Å². The van der Waals surface area contributed by atoms with Crippen LogP contribution in [0.25, 0.3) is 0 Å². The summed E-state index contributed by atoms with van der Waals surface area (Å²) < 4.78 is 5.63. The van der Waals surface area contributed by atoms with E-state index in [2.05, 4.69) is 72.9 Å². The topological polar surface area (TPSA) is 51.1 Å². The molecule has 5 nitrogen and oxygen atoms in total. The van der Waals surface area contributed by atoms with Crippen LogP contribution in [0, 0.1) is 12.8 Å². The van der Waals surface area contributed by atoms with Gasteiger partial charge in [0.1, 0.15) is 0 Å². The lowest BCUT2D eigenvalue weighted by molar-refractivity contribution is 0.395. The third-order valence-corrected chi connectivity index (χ3v) is 6.78. The Morgan fingerprint density at radius 1 is 1.06 bits per heavy atom. The van der Waals surface area contributed by atoms with E-state index in [9.17, 15) is 0 Å². The smallest absolute Gasteiger partial charge is 0.225 e. The van der Waals surface area contributed by atoms with Gasteiger partial charge >= 0.3 is 0 Å². The number of aryl methyl sites for hydroxylation is 1. The van der Waals surface area contributed by atoms with Crippen molar-refractivity contribution in [3.8, 4) is 5.75 Å². The highest BCUT2D eigenvalue weighted by Gasteiger charge is 2.23. The van der Waals surface area contributed by atoms with Gasteiger partial charge in [0.15, 0.2) is 5.75 Å². The zero-order valence-corrected chi connectivity index (χ0v) is 20.6. The maximum Gasteiger partial charge on any atom is 0.225 e. The SMILES string of the molecule is COc1cnc(N2CCC(Cc3ccncc3)CC2)nc1Cc1cc(C(C)(C)C)ccc1C. The third kappa shape index (κ3) is 5.70. The van der Waals surface area contributed by atoms with E-state index in [1.54, 1.807) is 7.11 Å². The van der Waals surface area contributed by atoms with Gasteiger partial charge in [0.2, 0.25) is 5.95 Å². The second-order valence-electron chi connectivity index (χ2n) is 10.2. The number of ether oxygens (including phenoxy) is 1. The molecule has 4 rings (SSSR count). The number of hydrogen-bond acceptors (Lipinski definition) is 5. The lowest BCUT2D eigenvalue weighted by atomic mass is 9.84. The lowest BCUT2D eigenvalue weighted by Crippen LogP contribution is -2.35. The molecule has 3 aromatic rings. The summed E-state index contributed by atoms with van der Waals surface area (Å²) in [4.78, 5) is 16.1. The third-order valence-electron chi connectivity index (χ3n) is 6.78. The van der Waals surface area contributed by atoms with Crippen LogP contribution >= 0.6 is 0 Å². The molecular formula is C28H36N4O. The largest absolute Gasteiger partial charge is 0.493 e. The molecule has 3 heterocycles. The van der Waals surface area contributed by atoms with E-state index in [0.717, 1.165) is 56.2 Å². The molecule has 0 bridgehead atoms. The minimum absolute atomic E-state index is 0.115. The Labute approximate surface area is 198 Å². The van der Waals surface area contributed by atoms with Crippen molar-refractivity contribution >= 4 is 5.95 Å². The number of piperidine rings is 1. The first-order valence-corrected chi connectivity index (χ1v) is 12.0. The molecule has 1 aromatic carbocycles. The van der Waals surface area contributed by atoms with Crippen LogP contribution in [0.3, 0.4) is 0 Å². The summed E-state index contributed by atoms with van der Waals surface area (Å²) in [5.41, 5.74) is 6.36. The molecule has 1 aliphatic heterocycles. The molecule has 33 heavy (non-hydrogen) atoms. The molecule has 0 saturated carbocycles. The summed E-state index contributed by atoms with van der Waals surface area (Å²) in [5.74, 6) is 2.27. The van der Waals surface area contributed by atoms with Crippen molar-refractivity contribution in [1.29, 1.82) is 0 Å². The van der Waals surface area contributed by atoms with Crippen LogP contribution in [0.4, 0.5) is 5.95 Å². The molecule has 0 N–H and O–H groups in total. The van der Waals surface area contributed by atoms with Crippen molar-refractivity contribution in [2.45, 2.75) is 58.8 Å². The normalized spacial score (nSPS) is 15.0. The van der Waals surface area contributed by atoms with Crippen LogP contribution in [-0.2, 0) is 18.3 Å². The highest BCUT2D eigenvalue weighted by molar-refractivity contribution is 5.42. The Morgan fingerprint density at radius 2 is 1.79 bits per heavy atom. The van der Waals surface area contributed by atoms with Crippen molar-refractivity contribution in [3.63, 3.8) is 0 Å². The van der Waals surface area contributed by atoms with Gasteiger partial charge in [-0.3, -0.25) is 4.98 Å². The minimum Gasteiger partial charge on any atom is -0.493 e. The van der Waals surface area contributed by atoms with Gasteiger partial charge in [-0.2, -0.15) is 0 Å². The summed E-state index contributed by atoms with van der Waals surface area (Å²) in [6, 6.07) is 11.0. The summed E-state index contributed by atoms with van der Waals surface area (Å²) in [6.07, 6.45) is 9.77. The second-order valence-corrected chi connectivity index (χ2v) is 10.2. The lowest BCUT2D eigenvalue weighted by Gasteiger charge is -2.32. The average molecular weight is 445 g/mol. The van der Waals surface area contributed by atoms with Crippen LogP contribution in [0.5, 0.6) is 5.75 Å². The first-order valence-electron chi connectivity index (χ1n) is 12.0. The highest BCUT2D eigenvalue weighted by Crippen LogP contribution is 2.29. The van der Waals surface area contributed by atoms with E-state index in [0.29, 0.717) is 5.92 Å². The molecule has 0 radical (unpaired) electrons. The van der Waals surface area contributed by atoms with Gasteiger partial charge in [0, 0.05) is 31.9 Å². The molecule has 0 unspecified atom stereocenters. The molecule has 0 atom stereocenters. The maximum atomic E-state index is 5.63. The number of rotatable bonds is 6. The fourth-order valence-electron chi connectivity index (χ4n) is 4.54. The minimum atomic E-state index is 0.115. The number of hydrogen-bond donors (Lipinski definition) is 0. The second kappa shape index (κ2) is 9.90. The first kappa shape index (κ1) is 23.2. The average Bonchev–Trinajstić information content (AvgIpc) is 2.81. The van der Waals surface area contributed by atoms with E-state index in [1.165, 1.54) is 22.3 Å². The Bertz CT molecular complexity index is 1070. The Hall–Kier alpha value is -2.95. The number of pyridine rings is 1. The zero-order chi connectivity index (χ0) is 23.4. The first-order chi connectivity index (χ1) is 15.8. The predicted molar refractivity (Wildman–Crippen MR) is 134 cm³/mol. The van der Waals surface area contributed by atoms with Crippen molar-refractivity contribution in [2.75, 3.05) is 25.1 Å². The number of anilines is 1. The zero-order valence-electron chi connectivity index (χ0n) is 20.6. The van der Waals surface area contributed by atoms with Crippen LogP contribution < -0.4 is 9.64 Å². The molecule has 1 saturated heterocycles. The van der Waals surface area contributed by atoms with Gasteiger partial charge in [-0.05, 0) is 71.9 Å². The maximum absolute atomic E-state index is 5.63. The standard InChI is InChI=1S/C28H36N4O/c1-20-6-7-24(28(2,3)4)17-23(20)18-25-26(33-5)19-30-27(31-25)32-14-10-22(11-15-32)16-21-8-12-29-13-9-21/h6-9,12-13,17,19,22H,10-11,14-16,18H2,1-5H3. The van der Waals surface area contributed by atoms with E-state index in [4.69, 9.17) is 9.72 Å². The van der Waals surface area contributed by atoms with Crippen LogP contribution in [0.15, 0.2) is 48.9 Å². The number of methoxy groups -OCH3 is 1. The molecule has 1 fully saturated rings. The summed E-state index contributed by atoms with van der Waals surface area (Å²) in [5, 5.41) is 0. The number of benzene rings is 1. The summed E-state index contributed by atoms with van der Waals surface area (Å²) in [7, 11) is 1.70. The molecule has 5 heteroatoms. The Balaban J connectivity index is 1.49. The number of aromatic nitrogens is 3. The van der Waals surface area contributed by atoms with E-state index in [1.807, 2.05) is 18.6 Å². The Kier molecular flexibility index (Phi) is 6.96. The van der Waals surface area contributed by atoms with Gasteiger partial charge in [-0.15, -0.1) is 0 Å². The van der Waals surface area contributed by atoms with Crippen LogP contribution in [-0.4, -0.2) is 35.2 Å². The summed E-state index contributed by atoms with van der Waals surface area (Å²) in [6.45, 7) is 10.9. The van der Waals surface area contributed by atoms with Crippen molar-refractivity contribution in [2.24, 2.45) is 5.92 Å². The molecule has 0 spiro atoms. The number of nitrogens with zero attached hydrogens (tertiary/aromatic N) is 4. The fourth-order valence-corrected chi connectivity index (χ4v) is 4.54. The Morgan fingerprint density at radius 3 is 2.45 bits per heavy atom. The molecule has 0 aliphatic carbocycles. The van der Waals surface area contributed by atoms with Gasteiger partial charge in [0.05, 0.1) is 19.0 Å². The monoisotopic (exact) mass is 444 g/mol. The van der Waals surface area contributed by atoms with Crippen LogP contribution in [0.1, 0.15) is 61.6 Å². The molecule has 0 amide bonds. The summed E-state index contributed by atoms with van der Waals surface area (Å²) >= 11 is 0. The van der Waals surface area contributed by atoms with Gasteiger partial charge in [0.25, 0.3) is 0 Å². The van der Waals surface area contributed by atoms with E-state index < -0.39 is 0 Å². The molecule has 2 aromatic heterocycles. The van der Waals surface area contributed by atoms with Gasteiger partial charge < -0.3 is 9.64 Å². The van der Waals surface area contributed by atoms with E-state index >= 15 is 0 Å². The van der Waals surface area contributed by atoms with Crippen molar-refractivity contribution < 1.29 is 4.74 Å². The predicted octanol–water partition coefficient (Wildman–Crippen LogP) is 5.54. The van der Waals surface area contributed by atoms with Crippen molar-refractivity contribution in [3.05, 3.63) is 76.9 Å². The fraction of sp³-hybridized carbons (Fsp3) is 0.464. The molecular weight excluding hydrogens is 408 g/mol. The van der Waals surface area contributed by atoms with Gasteiger partial charge in [-0.25, -0.2) is 9.97 Å². The van der Waals surface area contributed by atoms with Gasteiger partial charge in [-0.1, -0.05) is 39.0 Å².